The molecule has 0 aromatic rings. The smallest absolute Gasteiger partial charge is 0.104 e. The zero-order valence-electron chi connectivity index (χ0n) is 12.2. The molecular formula is C16H23N3O. The predicted octanol–water partition coefficient (Wildman–Crippen LogP) is 2.75. The van der Waals surface area contributed by atoms with Crippen molar-refractivity contribution in [2.75, 3.05) is 33.2 Å². The highest BCUT2D eigenvalue weighted by Crippen LogP contribution is 2.38. The number of likely N-dealkylation sites (N-methyl/N-ethyl adjacent to an activating group) is 1. The highest BCUT2D eigenvalue weighted by atomic mass is 16.3. The average Bonchev–Trinajstić information content (AvgIpc) is 2.99. The standard InChI is InChI=1S/C16H23N3O/c1-12(16-7-6-15(17-20)11-18(16)2)8-19-9-13-4-3-5-14(13)10-19/h6-7,13-14H,1,3-5,8-11H2,2H3. The van der Waals surface area contributed by atoms with Crippen LogP contribution in [0.1, 0.15) is 19.3 Å². The van der Waals surface area contributed by atoms with Gasteiger partial charge in [-0.25, -0.2) is 0 Å². The van der Waals surface area contributed by atoms with Crippen LogP contribution in [0.5, 0.6) is 0 Å². The zero-order chi connectivity index (χ0) is 14.1. The van der Waals surface area contributed by atoms with E-state index in [0.717, 1.165) is 29.7 Å². The van der Waals surface area contributed by atoms with E-state index >= 15 is 0 Å². The molecule has 0 N–H and O–H groups in total. The van der Waals surface area contributed by atoms with Gasteiger partial charge in [0, 0.05) is 32.4 Å². The summed E-state index contributed by atoms with van der Waals surface area (Å²) in [6.45, 7) is 8.24. The van der Waals surface area contributed by atoms with Gasteiger partial charge in [-0.05, 0) is 47.6 Å². The number of hydrogen-bond acceptors (Lipinski definition) is 4. The fourth-order valence-corrected chi connectivity index (χ4v) is 3.94. The summed E-state index contributed by atoms with van der Waals surface area (Å²) in [7, 11) is 1.99. The van der Waals surface area contributed by atoms with Crippen molar-refractivity contribution in [3.63, 3.8) is 0 Å². The van der Waals surface area contributed by atoms with Crippen molar-refractivity contribution in [3.8, 4) is 0 Å². The van der Waals surface area contributed by atoms with Crippen molar-refractivity contribution >= 4 is 0 Å². The van der Waals surface area contributed by atoms with Crippen LogP contribution in [0.15, 0.2) is 40.9 Å². The molecule has 4 nitrogen and oxygen atoms in total. The summed E-state index contributed by atoms with van der Waals surface area (Å²) in [6.07, 6.45) is 8.02. The molecule has 4 heteroatoms. The lowest BCUT2D eigenvalue weighted by molar-refractivity contribution is 0.330. The molecule has 2 aliphatic heterocycles. The van der Waals surface area contributed by atoms with Gasteiger partial charge >= 0.3 is 0 Å². The van der Waals surface area contributed by atoms with Crippen LogP contribution in [-0.2, 0) is 0 Å². The fraction of sp³-hybridized carbons (Fsp3) is 0.625. The lowest BCUT2D eigenvalue weighted by Crippen LogP contribution is -2.29. The van der Waals surface area contributed by atoms with Crippen molar-refractivity contribution in [2.24, 2.45) is 17.0 Å². The minimum atomic E-state index is 0.583. The molecule has 2 heterocycles. The van der Waals surface area contributed by atoms with Crippen LogP contribution in [0.25, 0.3) is 0 Å². The maximum absolute atomic E-state index is 10.6. The van der Waals surface area contributed by atoms with Gasteiger partial charge in [0.15, 0.2) is 0 Å². The van der Waals surface area contributed by atoms with Crippen molar-refractivity contribution in [1.82, 2.24) is 9.80 Å². The molecule has 1 saturated carbocycles. The lowest BCUT2D eigenvalue weighted by atomic mass is 10.0. The second kappa shape index (κ2) is 5.52. The van der Waals surface area contributed by atoms with Crippen LogP contribution in [0.3, 0.4) is 0 Å². The van der Waals surface area contributed by atoms with Crippen LogP contribution >= 0.6 is 0 Å². The Bertz CT molecular complexity index is 468. The van der Waals surface area contributed by atoms with Gasteiger partial charge in [-0.2, -0.15) is 0 Å². The van der Waals surface area contributed by atoms with Gasteiger partial charge in [-0.15, -0.1) is 4.91 Å². The molecule has 3 aliphatic rings. The number of nitrogens with zero attached hydrogens (tertiary/aromatic N) is 3. The summed E-state index contributed by atoms with van der Waals surface area (Å²) in [5.41, 5.74) is 2.86. The van der Waals surface area contributed by atoms with Gasteiger partial charge in [0.2, 0.25) is 0 Å². The predicted molar refractivity (Wildman–Crippen MR) is 81.0 cm³/mol. The maximum atomic E-state index is 10.6. The van der Waals surface area contributed by atoms with Gasteiger partial charge in [0.25, 0.3) is 0 Å². The van der Waals surface area contributed by atoms with Gasteiger partial charge in [0.1, 0.15) is 5.70 Å². The van der Waals surface area contributed by atoms with Crippen LogP contribution in [0, 0.1) is 16.7 Å². The minimum Gasteiger partial charge on any atom is -0.368 e. The zero-order valence-corrected chi connectivity index (χ0v) is 12.2. The second-order valence-electron chi connectivity index (χ2n) is 6.41. The van der Waals surface area contributed by atoms with E-state index in [4.69, 9.17) is 0 Å². The van der Waals surface area contributed by atoms with E-state index in [1.54, 1.807) is 0 Å². The third-order valence-corrected chi connectivity index (χ3v) is 4.94. The Labute approximate surface area is 120 Å². The summed E-state index contributed by atoms with van der Waals surface area (Å²) < 4.78 is 0. The van der Waals surface area contributed by atoms with E-state index in [9.17, 15) is 4.91 Å². The van der Waals surface area contributed by atoms with Gasteiger partial charge in [0.05, 0.1) is 6.54 Å². The lowest BCUT2D eigenvalue weighted by Gasteiger charge is -2.28. The van der Waals surface area contributed by atoms with Gasteiger partial charge in [-0.1, -0.05) is 13.0 Å². The number of fused-ring (bicyclic) bond motifs is 1. The molecular weight excluding hydrogens is 250 g/mol. The Morgan fingerprint density at radius 3 is 2.65 bits per heavy atom. The van der Waals surface area contributed by atoms with Crippen LogP contribution in [0.2, 0.25) is 0 Å². The maximum Gasteiger partial charge on any atom is 0.104 e. The summed E-state index contributed by atoms with van der Waals surface area (Å²) >= 11 is 0. The van der Waals surface area contributed by atoms with Crippen molar-refractivity contribution in [2.45, 2.75) is 19.3 Å². The molecule has 0 radical (unpaired) electrons. The molecule has 3 rings (SSSR count). The molecule has 0 amide bonds. The van der Waals surface area contributed by atoms with Crippen LogP contribution in [-0.4, -0.2) is 43.0 Å². The molecule has 20 heavy (non-hydrogen) atoms. The Hall–Kier alpha value is -1.42. The summed E-state index contributed by atoms with van der Waals surface area (Å²) in [4.78, 5) is 15.2. The monoisotopic (exact) mass is 273 g/mol. The van der Waals surface area contributed by atoms with E-state index in [1.165, 1.54) is 32.4 Å². The van der Waals surface area contributed by atoms with Crippen molar-refractivity contribution in [1.29, 1.82) is 0 Å². The molecule has 0 aromatic heterocycles. The molecule has 2 atom stereocenters. The second-order valence-corrected chi connectivity index (χ2v) is 6.41. The van der Waals surface area contributed by atoms with E-state index in [1.807, 2.05) is 19.2 Å². The SMILES string of the molecule is C=C(CN1CC2CCCC2C1)C1=CC=C(N=O)CN1C. The third-order valence-electron chi connectivity index (χ3n) is 4.94. The first-order chi connectivity index (χ1) is 9.67. The molecule has 0 aromatic carbocycles. The van der Waals surface area contributed by atoms with Gasteiger partial charge in [-0.3, -0.25) is 4.90 Å². The highest BCUT2D eigenvalue weighted by molar-refractivity contribution is 5.36. The molecule has 108 valence electrons. The van der Waals surface area contributed by atoms with E-state index in [2.05, 4.69) is 21.6 Å². The Morgan fingerprint density at radius 1 is 1.35 bits per heavy atom. The van der Waals surface area contributed by atoms with Gasteiger partial charge < -0.3 is 4.90 Å². The minimum absolute atomic E-state index is 0.583. The average molecular weight is 273 g/mol. The molecule has 0 spiro atoms. The molecule has 2 unspecified atom stereocenters. The van der Waals surface area contributed by atoms with Crippen LogP contribution < -0.4 is 0 Å². The first-order valence-corrected chi connectivity index (χ1v) is 7.53. The number of likely N-dealkylation sites (tertiary alicyclic amines) is 1. The normalized spacial score (nSPS) is 29.9. The van der Waals surface area contributed by atoms with Crippen LogP contribution in [0.4, 0.5) is 0 Å². The third kappa shape index (κ3) is 2.57. The summed E-state index contributed by atoms with van der Waals surface area (Å²) in [5, 5.41) is 3.02. The molecule has 1 aliphatic carbocycles. The van der Waals surface area contributed by atoms with Crippen molar-refractivity contribution < 1.29 is 0 Å². The number of hydrogen-bond donors (Lipinski definition) is 0. The number of nitroso groups, excluding NO2 is 1. The Balaban J connectivity index is 1.61. The van der Waals surface area contributed by atoms with E-state index in [0.29, 0.717) is 12.2 Å². The molecule has 2 fully saturated rings. The first-order valence-electron chi connectivity index (χ1n) is 7.53. The van der Waals surface area contributed by atoms with Crippen molar-refractivity contribution in [3.05, 3.63) is 40.6 Å². The summed E-state index contributed by atoms with van der Waals surface area (Å²) in [6, 6.07) is 0. The topological polar surface area (TPSA) is 35.9 Å². The quantitative estimate of drug-likeness (QED) is 0.739. The van der Waals surface area contributed by atoms with E-state index < -0.39 is 0 Å². The fourth-order valence-electron chi connectivity index (χ4n) is 3.94. The highest BCUT2D eigenvalue weighted by Gasteiger charge is 2.36. The Kier molecular flexibility index (Phi) is 3.74. The summed E-state index contributed by atoms with van der Waals surface area (Å²) in [5.74, 6) is 1.85. The van der Waals surface area contributed by atoms with E-state index in [-0.39, 0.29) is 0 Å². The largest absolute Gasteiger partial charge is 0.368 e. The number of allylic oxidation sites excluding steroid dienone is 2. The first kappa shape index (κ1) is 13.6. The number of rotatable bonds is 4. The molecule has 1 saturated heterocycles. The molecule has 0 bridgehead atoms. The Morgan fingerprint density at radius 2 is 2.05 bits per heavy atom.